The Morgan fingerprint density at radius 1 is 1.23 bits per heavy atom. The lowest BCUT2D eigenvalue weighted by Crippen LogP contribution is -2.37. The minimum absolute atomic E-state index is 0.0705. The molecule has 0 heterocycles. The highest BCUT2D eigenvalue weighted by atomic mass is 16.7. The maximum Gasteiger partial charge on any atom is 0.417 e. The number of aliphatic hydroxyl groups is 1. The van der Waals surface area contributed by atoms with Gasteiger partial charge in [0.25, 0.3) is 6.29 Å². The van der Waals surface area contributed by atoms with Crippen molar-refractivity contribution in [2.45, 2.75) is 26.7 Å². The van der Waals surface area contributed by atoms with E-state index in [9.17, 15) is 9.59 Å². The summed E-state index contributed by atoms with van der Waals surface area (Å²) in [6.07, 6.45) is -1.65. The number of hydrogen-bond acceptors (Lipinski definition) is 6. The minimum Gasteiger partial charge on any atom is -0.424 e. The third-order valence-electron chi connectivity index (χ3n) is 2.96. The summed E-state index contributed by atoms with van der Waals surface area (Å²) >= 11 is 0. The zero-order valence-electron chi connectivity index (χ0n) is 13.0. The Balaban J connectivity index is 2.73. The van der Waals surface area contributed by atoms with Gasteiger partial charge in [0.2, 0.25) is 0 Å². The third-order valence-corrected chi connectivity index (χ3v) is 2.96. The van der Waals surface area contributed by atoms with Gasteiger partial charge in [-0.2, -0.15) is 0 Å². The molecule has 7 heteroatoms. The average molecular weight is 310 g/mol. The van der Waals surface area contributed by atoms with Crippen LogP contribution >= 0.6 is 0 Å². The van der Waals surface area contributed by atoms with Crippen LogP contribution in [0.3, 0.4) is 0 Å². The Kier molecular flexibility index (Phi) is 6.81. The SMILES string of the molecule is CC(C)C(OC(=O)CN)OC(=O)N(C)c1ccc(CO)cc1. The molecule has 3 N–H and O–H groups in total. The second kappa shape index (κ2) is 8.35. The van der Waals surface area contributed by atoms with Gasteiger partial charge >= 0.3 is 12.1 Å². The maximum absolute atomic E-state index is 12.1. The van der Waals surface area contributed by atoms with Crippen LogP contribution in [0.1, 0.15) is 19.4 Å². The molecule has 0 bridgehead atoms. The van der Waals surface area contributed by atoms with Crippen LogP contribution in [0.25, 0.3) is 0 Å². The van der Waals surface area contributed by atoms with E-state index in [0.717, 1.165) is 5.56 Å². The van der Waals surface area contributed by atoms with Crippen molar-refractivity contribution >= 4 is 17.7 Å². The van der Waals surface area contributed by atoms with Gasteiger partial charge in [-0.25, -0.2) is 4.79 Å². The molecule has 0 spiro atoms. The van der Waals surface area contributed by atoms with Crippen LogP contribution < -0.4 is 10.6 Å². The summed E-state index contributed by atoms with van der Waals surface area (Å²) in [6, 6.07) is 6.77. The van der Waals surface area contributed by atoms with Crippen LogP contribution in [0.5, 0.6) is 0 Å². The zero-order valence-corrected chi connectivity index (χ0v) is 13.0. The van der Waals surface area contributed by atoms with E-state index in [0.29, 0.717) is 5.69 Å². The van der Waals surface area contributed by atoms with Gasteiger partial charge in [-0.1, -0.05) is 26.0 Å². The summed E-state index contributed by atoms with van der Waals surface area (Å²) in [7, 11) is 1.54. The predicted molar refractivity (Wildman–Crippen MR) is 81.0 cm³/mol. The zero-order chi connectivity index (χ0) is 16.7. The van der Waals surface area contributed by atoms with E-state index >= 15 is 0 Å². The number of amides is 1. The normalized spacial score (nSPS) is 11.9. The van der Waals surface area contributed by atoms with Gasteiger partial charge in [0.05, 0.1) is 13.2 Å². The van der Waals surface area contributed by atoms with Crippen LogP contribution in [-0.4, -0.2) is 37.1 Å². The van der Waals surface area contributed by atoms with E-state index in [1.165, 1.54) is 4.90 Å². The first kappa shape index (κ1) is 17.9. The number of carbonyl (C=O) groups is 2. The minimum atomic E-state index is -0.997. The molecule has 1 atom stereocenters. The quantitative estimate of drug-likeness (QED) is 0.605. The molecule has 7 nitrogen and oxygen atoms in total. The number of nitrogens with zero attached hydrogens (tertiary/aromatic N) is 1. The Bertz CT molecular complexity index is 501. The van der Waals surface area contributed by atoms with E-state index < -0.39 is 18.4 Å². The molecule has 1 aromatic rings. The van der Waals surface area contributed by atoms with Gasteiger partial charge in [0.15, 0.2) is 0 Å². The van der Waals surface area contributed by atoms with Gasteiger partial charge in [-0.05, 0) is 17.7 Å². The number of ether oxygens (including phenoxy) is 2. The number of benzene rings is 1. The Morgan fingerprint density at radius 3 is 2.27 bits per heavy atom. The van der Waals surface area contributed by atoms with Crippen molar-refractivity contribution in [2.75, 3.05) is 18.5 Å². The molecule has 0 fully saturated rings. The monoisotopic (exact) mass is 310 g/mol. The molecule has 1 aromatic carbocycles. The topological polar surface area (TPSA) is 102 Å². The first-order valence-corrected chi connectivity index (χ1v) is 6.92. The van der Waals surface area contributed by atoms with Crippen molar-refractivity contribution in [2.24, 2.45) is 11.7 Å². The van der Waals surface area contributed by atoms with Crippen molar-refractivity contribution in [3.63, 3.8) is 0 Å². The predicted octanol–water partition coefficient (Wildman–Crippen LogP) is 1.24. The van der Waals surface area contributed by atoms with Gasteiger partial charge in [0.1, 0.15) is 0 Å². The van der Waals surface area contributed by atoms with Crippen LogP contribution in [0.2, 0.25) is 0 Å². The number of aliphatic hydroxyl groups excluding tert-OH is 1. The molecule has 0 aliphatic rings. The highest BCUT2D eigenvalue weighted by Gasteiger charge is 2.24. The molecular formula is C15H22N2O5. The second-order valence-corrected chi connectivity index (χ2v) is 5.07. The molecular weight excluding hydrogens is 288 g/mol. The maximum atomic E-state index is 12.1. The van der Waals surface area contributed by atoms with Crippen LogP contribution in [0.15, 0.2) is 24.3 Å². The van der Waals surface area contributed by atoms with Crippen molar-refractivity contribution in [1.82, 2.24) is 0 Å². The van der Waals surface area contributed by atoms with Crippen molar-refractivity contribution in [1.29, 1.82) is 0 Å². The average Bonchev–Trinajstić information content (AvgIpc) is 2.53. The lowest BCUT2D eigenvalue weighted by molar-refractivity contribution is -0.172. The first-order chi connectivity index (χ1) is 10.4. The molecule has 0 saturated carbocycles. The number of carbonyl (C=O) groups excluding carboxylic acids is 2. The van der Waals surface area contributed by atoms with E-state index in [1.807, 2.05) is 0 Å². The lowest BCUT2D eigenvalue weighted by Gasteiger charge is -2.24. The van der Waals surface area contributed by atoms with Crippen LogP contribution in [-0.2, 0) is 20.9 Å². The number of nitrogens with two attached hydrogens (primary N) is 1. The summed E-state index contributed by atoms with van der Waals surface area (Å²) in [5.74, 6) is -0.842. The van der Waals surface area contributed by atoms with Crippen LogP contribution in [0.4, 0.5) is 10.5 Å². The second-order valence-electron chi connectivity index (χ2n) is 5.07. The molecule has 0 saturated heterocycles. The van der Waals surface area contributed by atoms with E-state index in [1.54, 1.807) is 45.2 Å². The molecule has 0 radical (unpaired) electrons. The number of hydrogen-bond donors (Lipinski definition) is 2. The summed E-state index contributed by atoms with van der Waals surface area (Å²) in [5.41, 5.74) is 6.51. The van der Waals surface area contributed by atoms with Gasteiger partial charge in [-0.3, -0.25) is 9.69 Å². The molecule has 1 amide bonds. The fourth-order valence-electron chi connectivity index (χ4n) is 1.58. The Labute approximate surface area is 129 Å². The fraction of sp³-hybridized carbons (Fsp3) is 0.467. The smallest absolute Gasteiger partial charge is 0.417 e. The van der Waals surface area contributed by atoms with E-state index in [4.69, 9.17) is 20.3 Å². The molecule has 0 aliphatic carbocycles. The fourth-order valence-corrected chi connectivity index (χ4v) is 1.58. The summed E-state index contributed by atoms with van der Waals surface area (Å²) in [4.78, 5) is 24.6. The Hall–Kier alpha value is -2.12. The van der Waals surface area contributed by atoms with Gasteiger partial charge < -0.3 is 20.3 Å². The molecule has 122 valence electrons. The van der Waals surface area contributed by atoms with Gasteiger partial charge in [0, 0.05) is 18.7 Å². The molecule has 1 rings (SSSR count). The highest BCUT2D eigenvalue weighted by molar-refractivity contribution is 5.87. The third kappa shape index (κ3) is 5.01. The molecule has 22 heavy (non-hydrogen) atoms. The lowest BCUT2D eigenvalue weighted by atomic mass is 10.2. The summed E-state index contributed by atoms with van der Waals surface area (Å²) < 4.78 is 10.2. The van der Waals surface area contributed by atoms with Crippen molar-refractivity contribution in [3.8, 4) is 0 Å². The van der Waals surface area contributed by atoms with Crippen molar-refractivity contribution < 1.29 is 24.2 Å². The van der Waals surface area contributed by atoms with E-state index in [2.05, 4.69) is 0 Å². The van der Waals surface area contributed by atoms with E-state index in [-0.39, 0.29) is 19.1 Å². The standard InChI is InChI=1S/C15H22N2O5/c1-10(2)14(21-13(19)8-16)22-15(20)17(3)12-6-4-11(9-18)5-7-12/h4-7,10,14,18H,8-9,16H2,1-3H3. The summed E-state index contributed by atoms with van der Waals surface area (Å²) in [6.45, 7) is 3.17. The molecule has 1 unspecified atom stereocenters. The number of esters is 1. The first-order valence-electron chi connectivity index (χ1n) is 6.92. The highest BCUT2D eigenvalue weighted by Crippen LogP contribution is 2.17. The van der Waals surface area contributed by atoms with Crippen molar-refractivity contribution in [3.05, 3.63) is 29.8 Å². The number of anilines is 1. The largest absolute Gasteiger partial charge is 0.424 e. The summed E-state index contributed by atoms with van der Waals surface area (Å²) in [5, 5.41) is 9.00. The molecule has 0 aliphatic heterocycles. The molecule has 0 aromatic heterocycles. The van der Waals surface area contributed by atoms with Gasteiger partial charge in [-0.15, -0.1) is 0 Å². The number of rotatable bonds is 6. The Morgan fingerprint density at radius 2 is 1.82 bits per heavy atom. The van der Waals surface area contributed by atoms with Crippen LogP contribution in [0, 0.1) is 5.92 Å².